The molecule has 0 radical (unpaired) electrons. The molecular weight excluding hydrogens is 392 g/mol. The average Bonchev–Trinajstić information content (AvgIpc) is 3.01. The van der Waals surface area contributed by atoms with Crippen molar-refractivity contribution in [1.29, 1.82) is 0 Å². The Hall–Kier alpha value is -3.26. The number of amidine groups is 1. The standard InChI is InChI=1S/C21H20N2O5S/c1-3-23-20(26)18(12-14-6-4-5-7-17(14)28-13-19(24)25)29-21(23)22-15-8-10-16(27-2)11-9-15/h4-12H,3,13H2,1-2H3,(H,24,25)/b18-12-,22-21?. The molecule has 1 N–H and O–H groups in total. The molecule has 3 rings (SSSR count). The zero-order valence-electron chi connectivity index (χ0n) is 16.0. The first-order valence-corrected chi connectivity index (χ1v) is 9.71. The molecule has 0 spiro atoms. The number of likely N-dealkylation sites (N-methyl/N-ethyl adjacent to an activating group) is 1. The van der Waals surface area contributed by atoms with Crippen molar-refractivity contribution in [3.8, 4) is 11.5 Å². The quantitative estimate of drug-likeness (QED) is 0.696. The molecule has 150 valence electrons. The van der Waals surface area contributed by atoms with Crippen LogP contribution in [-0.4, -0.2) is 47.3 Å². The lowest BCUT2D eigenvalue weighted by Gasteiger charge is -2.12. The number of benzene rings is 2. The molecule has 0 bridgehead atoms. The van der Waals surface area contributed by atoms with Crippen LogP contribution in [-0.2, 0) is 9.59 Å². The number of thioether (sulfide) groups is 1. The van der Waals surface area contributed by atoms with Gasteiger partial charge in [-0.25, -0.2) is 9.79 Å². The van der Waals surface area contributed by atoms with Crippen molar-refractivity contribution in [3.05, 3.63) is 59.0 Å². The lowest BCUT2D eigenvalue weighted by atomic mass is 10.2. The summed E-state index contributed by atoms with van der Waals surface area (Å²) in [6.07, 6.45) is 1.70. The van der Waals surface area contributed by atoms with Gasteiger partial charge in [-0.15, -0.1) is 0 Å². The van der Waals surface area contributed by atoms with Crippen molar-refractivity contribution < 1.29 is 24.2 Å². The molecule has 0 atom stereocenters. The zero-order valence-corrected chi connectivity index (χ0v) is 16.8. The van der Waals surface area contributed by atoms with Gasteiger partial charge in [-0.05, 0) is 55.1 Å². The van der Waals surface area contributed by atoms with E-state index < -0.39 is 12.6 Å². The highest BCUT2D eigenvalue weighted by Crippen LogP contribution is 2.35. The fourth-order valence-electron chi connectivity index (χ4n) is 2.65. The maximum atomic E-state index is 12.8. The van der Waals surface area contributed by atoms with Crippen molar-refractivity contribution in [2.45, 2.75) is 6.92 Å². The first-order chi connectivity index (χ1) is 14.0. The van der Waals surface area contributed by atoms with E-state index in [1.54, 1.807) is 42.4 Å². The summed E-state index contributed by atoms with van der Waals surface area (Å²) in [4.78, 5) is 30.3. The Morgan fingerprint density at radius 3 is 2.59 bits per heavy atom. The minimum absolute atomic E-state index is 0.155. The van der Waals surface area contributed by atoms with Crippen LogP contribution in [0.15, 0.2) is 58.4 Å². The van der Waals surface area contributed by atoms with E-state index in [9.17, 15) is 9.59 Å². The zero-order chi connectivity index (χ0) is 20.8. The van der Waals surface area contributed by atoms with Gasteiger partial charge in [0.25, 0.3) is 5.91 Å². The number of hydrogen-bond acceptors (Lipinski definition) is 6. The minimum Gasteiger partial charge on any atom is -0.497 e. The van der Waals surface area contributed by atoms with Crippen molar-refractivity contribution in [3.63, 3.8) is 0 Å². The van der Waals surface area contributed by atoms with Gasteiger partial charge in [0.05, 0.1) is 17.7 Å². The maximum absolute atomic E-state index is 12.8. The molecule has 0 saturated carbocycles. The number of ether oxygens (including phenoxy) is 2. The fraction of sp³-hybridized carbons (Fsp3) is 0.190. The number of rotatable bonds is 7. The van der Waals surface area contributed by atoms with Crippen molar-refractivity contribution in [1.82, 2.24) is 4.90 Å². The number of methoxy groups -OCH3 is 1. The van der Waals surface area contributed by atoms with E-state index >= 15 is 0 Å². The van der Waals surface area contributed by atoms with Crippen LogP contribution in [0.1, 0.15) is 12.5 Å². The van der Waals surface area contributed by atoms with E-state index in [0.29, 0.717) is 33.6 Å². The molecule has 1 aliphatic rings. The van der Waals surface area contributed by atoms with Gasteiger partial charge in [-0.2, -0.15) is 0 Å². The number of carbonyl (C=O) groups is 2. The molecule has 29 heavy (non-hydrogen) atoms. The first kappa shape index (κ1) is 20.5. The van der Waals surface area contributed by atoms with Crippen molar-refractivity contribution >= 4 is 40.6 Å². The number of carbonyl (C=O) groups excluding carboxylic acids is 1. The Labute approximate surface area is 172 Å². The highest BCUT2D eigenvalue weighted by molar-refractivity contribution is 8.18. The molecule has 2 aromatic carbocycles. The lowest BCUT2D eigenvalue weighted by Crippen LogP contribution is -2.28. The summed E-state index contributed by atoms with van der Waals surface area (Å²) in [6, 6.07) is 14.2. The Balaban J connectivity index is 1.89. The number of para-hydroxylation sites is 1. The van der Waals surface area contributed by atoms with E-state index in [1.165, 1.54) is 11.8 Å². The maximum Gasteiger partial charge on any atom is 0.341 e. The Morgan fingerprint density at radius 2 is 1.93 bits per heavy atom. The molecule has 0 aliphatic carbocycles. The highest BCUT2D eigenvalue weighted by Gasteiger charge is 2.32. The van der Waals surface area contributed by atoms with Crippen LogP contribution >= 0.6 is 11.8 Å². The van der Waals surface area contributed by atoms with E-state index in [-0.39, 0.29) is 5.91 Å². The van der Waals surface area contributed by atoms with Crippen LogP contribution in [0.2, 0.25) is 0 Å². The van der Waals surface area contributed by atoms with Gasteiger partial charge in [0.2, 0.25) is 0 Å². The Kier molecular flexibility index (Phi) is 6.56. The molecule has 1 fully saturated rings. The number of hydrogen-bond donors (Lipinski definition) is 1. The van der Waals surface area contributed by atoms with Gasteiger partial charge >= 0.3 is 5.97 Å². The molecule has 2 aromatic rings. The predicted molar refractivity (Wildman–Crippen MR) is 113 cm³/mol. The molecule has 1 amide bonds. The molecule has 1 heterocycles. The van der Waals surface area contributed by atoms with Crippen molar-refractivity contribution in [2.24, 2.45) is 4.99 Å². The van der Waals surface area contributed by atoms with E-state index in [2.05, 4.69) is 4.99 Å². The van der Waals surface area contributed by atoms with E-state index in [0.717, 1.165) is 5.75 Å². The molecular formula is C21H20N2O5S. The number of aliphatic carboxylic acids is 1. The largest absolute Gasteiger partial charge is 0.497 e. The fourth-order valence-corrected chi connectivity index (χ4v) is 3.70. The smallest absolute Gasteiger partial charge is 0.341 e. The first-order valence-electron chi connectivity index (χ1n) is 8.89. The molecule has 7 nitrogen and oxygen atoms in total. The lowest BCUT2D eigenvalue weighted by molar-refractivity contribution is -0.139. The van der Waals surface area contributed by atoms with Crippen LogP contribution in [0.3, 0.4) is 0 Å². The van der Waals surface area contributed by atoms with Gasteiger partial charge in [0.15, 0.2) is 11.8 Å². The van der Waals surface area contributed by atoms with Crippen LogP contribution in [0.4, 0.5) is 5.69 Å². The molecule has 1 aliphatic heterocycles. The average molecular weight is 412 g/mol. The Bertz CT molecular complexity index is 969. The highest BCUT2D eigenvalue weighted by atomic mass is 32.2. The van der Waals surface area contributed by atoms with Gasteiger partial charge < -0.3 is 14.6 Å². The van der Waals surface area contributed by atoms with Crippen LogP contribution < -0.4 is 9.47 Å². The predicted octanol–water partition coefficient (Wildman–Crippen LogP) is 3.78. The second-order valence-electron chi connectivity index (χ2n) is 5.97. The second kappa shape index (κ2) is 9.29. The van der Waals surface area contributed by atoms with E-state index in [1.807, 2.05) is 31.2 Å². The van der Waals surface area contributed by atoms with Crippen LogP contribution in [0.25, 0.3) is 6.08 Å². The van der Waals surface area contributed by atoms with Crippen molar-refractivity contribution in [2.75, 3.05) is 20.3 Å². The normalized spacial score (nSPS) is 16.5. The number of nitrogens with zero attached hydrogens (tertiary/aromatic N) is 2. The third kappa shape index (κ3) is 4.97. The number of carboxylic acids is 1. The van der Waals surface area contributed by atoms with Crippen LogP contribution in [0, 0.1) is 0 Å². The number of carboxylic acid groups (broad SMARTS) is 1. The van der Waals surface area contributed by atoms with E-state index in [4.69, 9.17) is 14.6 Å². The molecule has 8 heteroatoms. The SMILES string of the molecule is CCN1C(=O)/C(=C/c2ccccc2OCC(=O)O)SC1=Nc1ccc(OC)cc1. The summed E-state index contributed by atoms with van der Waals surface area (Å²) in [5.41, 5.74) is 1.34. The third-order valence-electron chi connectivity index (χ3n) is 4.06. The van der Waals surface area contributed by atoms with Gasteiger partial charge in [0.1, 0.15) is 11.5 Å². The summed E-state index contributed by atoms with van der Waals surface area (Å²) in [5, 5.41) is 9.42. The van der Waals surface area contributed by atoms with Gasteiger partial charge in [-0.3, -0.25) is 9.69 Å². The van der Waals surface area contributed by atoms with Gasteiger partial charge in [0, 0.05) is 12.1 Å². The summed E-state index contributed by atoms with van der Waals surface area (Å²) in [7, 11) is 1.60. The molecule has 0 unspecified atom stereocenters. The summed E-state index contributed by atoms with van der Waals surface area (Å²) < 4.78 is 10.5. The topological polar surface area (TPSA) is 88.4 Å². The third-order valence-corrected chi connectivity index (χ3v) is 5.06. The molecule has 1 saturated heterocycles. The van der Waals surface area contributed by atoms with Gasteiger partial charge in [-0.1, -0.05) is 18.2 Å². The van der Waals surface area contributed by atoms with Crippen LogP contribution in [0.5, 0.6) is 11.5 Å². The monoisotopic (exact) mass is 412 g/mol. The number of aliphatic imine (C=N–C) groups is 1. The number of amides is 1. The summed E-state index contributed by atoms with van der Waals surface area (Å²) in [6.45, 7) is 1.91. The summed E-state index contributed by atoms with van der Waals surface area (Å²) >= 11 is 1.27. The minimum atomic E-state index is -1.06. The second-order valence-corrected chi connectivity index (χ2v) is 6.98. The summed E-state index contributed by atoms with van der Waals surface area (Å²) in [5.74, 6) is -0.0861. The molecule has 0 aromatic heterocycles. The Morgan fingerprint density at radius 1 is 1.21 bits per heavy atom.